The molecule has 0 amide bonds. The lowest BCUT2D eigenvalue weighted by Crippen LogP contribution is -2.39. The van der Waals surface area contributed by atoms with Gasteiger partial charge in [-0.3, -0.25) is 0 Å². The summed E-state index contributed by atoms with van der Waals surface area (Å²) in [6.45, 7) is 2.21. The smallest absolute Gasteiger partial charge is 0.158 e. The topological polar surface area (TPSA) is 49.7 Å². The van der Waals surface area contributed by atoms with E-state index in [1.807, 2.05) is 12.4 Å². The highest BCUT2D eigenvalue weighted by Crippen LogP contribution is 2.20. The first-order valence-electron chi connectivity index (χ1n) is 6.55. The van der Waals surface area contributed by atoms with Gasteiger partial charge in [-0.15, -0.1) is 0 Å². The van der Waals surface area contributed by atoms with Crippen molar-refractivity contribution >= 4 is 0 Å². The van der Waals surface area contributed by atoms with Crippen LogP contribution in [-0.2, 0) is 6.54 Å². The van der Waals surface area contributed by atoms with E-state index in [2.05, 4.69) is 37.7 Å². The first kappa shape index (κ1) is 11.5. The summed E-state index contributed by atoms with van der Waals surface area (Å²) in [5, 5.41) is 0. The number of rotatable bonds is 3. The highest BCUT2D eigenvalue weighted by atomic mass is 15.2. The molecule has 5 nitrogen and oxygen atoms in total. The van der Waals surface area contributed by atoms with Crippen molar-refractivity contribution in [1.29, 1.82) is 0 Å². The van der Waals surface area contributed by atoms with Crippen molar-refractivity contribution in [2.45, 2.75) is 31.8 Å². The summed E-state index contributed by atoms with van der Waals surface area (Å²) in [7, 11) is 2.22. The second kappa shape index (κ2) is 4.94. The molecule has 5 heteroatoms. The third kappa shape index (κ3) is 2.18. The zero-order chi connectivity index (χ0) is 12.4. The average Bonchev–Trinajstić information content (AvgIpc) is 3.02. The molecule has 2 aromatic heterocycles. The van der Waals surface area contributed by atoms with Crippen LogP contribution in [0.3, 0.4) is 0 Å². The normalized spacial score (nSPS) is 21.3. The van der Waals surface area contributed by atoms with E-state index in [-0.39, 0.29) is 0 Å². The predicted molar refractivity (Wildman–Crippen MR) is 70.1 cm³/mol. The van der Waals surface area contributed by atoms with Gasteiger partial charge in [0.1, 0.15) is 5.69 Å². The monoisotopic (exact) mass is 245 g/mol. The van der Waals surface area contributed by atoms with E-state index >= 15 is 0 Å². The second-order valence-corrected chi connectivity index (χ2v) is 5.00. The van der Waals surface area contributed by atoms with E-state index in [4.69, 9.17) is 0 Å². The Balaban J connectivity index is 1.79. The van der Waals surface area contributed by atoms with E-state index in [0.29, 0.717) is 6.04 Å². The summed E-state index contributed by atoms with van der Waals surface area (Å²) in [6.07, 6.45) is 11.4. The maximum atomic E-state index is 4.42. The van der Waals surface area contributed by atoms with Gasteiger partial charge < -0.3 is 14.5 Å². The molecule has 0 spiro atoms. The number of imidazole rings is 2. The van der Waals surface area contributed by atoms with Crippen molar-refractivity contribution in [2.75, 3.05) is 13.6 Å². The molecular formula is C13H19N5. The predicted octanol–water partition coefficient (Wildman–Crippen LogP) is 1.76. The van der Waals surface area contributed by atoms with Crippen LogP contribution in [-0.4, -0.2) is 44.1 Å². The quantitative estimate of drug-likeness (QED) is 0.896. The molecule has 1 saturated heterocycles. The molecule has 1 aliphatic rings. The Morgan fingerprint density at radius 2 is 2.39 bits per heavy atom. The number of hydrogen-bond donors (Lipinski definition) is 1. The average molecular weight is 245 g/mol. The molecule has 0 radical (unpaired) electrons. The van der Waals surface area contributed by atoms with Crippen LogP contribution in [0.5, 0.6) is 0 Å². The molecule has 1 atom stereocenters. The maximum absolute atomic E-state index is 4.42. The lowest BCUT2D eigenvalue weighted by Gasteiger charge is -2.32. The summed E-state index contributed by atoms with van der Waals surface area (Å²) in [5.74, 6) is 0.978. The highest BCUT2D eigenvalue weighted by molar-refractivity contribution is 5.47. The van der Waals surface area contributed by atoms with Gasteiger partial charge in [0, 0.05) is 25.0 Å². The standard InChI is InChI=1S/C13H19N5/c1-17-6-3-2-4-11(17)9-18-7-5-15-13(18)12-8-14-10-16-12/h5,7-8,10-11H,2-4,6,9H2,1H3,(H,14,16)/t11-/m0/s1. The maximum Gasteiger partial charge on any atom is 0.158 e. The summed E-state index contributed by atoms with van der Waals surface area (Å²) in [5.41, 5.74) is 0.985. The molecule has 0 aromatic carbocycles. The summed E-state index contributed by atoms with van der Waals surface area (Å²) >= 11 is 0. The zero-order valence-corrected chi connectivity index (χ0v) is 10.7. The molecule has 2 aromatic rings. The largest absolute Gasteiger partial charge is 0.342 e. The number of likely N-dealkylation sites (tertiary alicyclic amines) is 1. The van der Waals surface area contributed by atoms with Crippen LogP contribution >= 0.6 is 0 Å². The molecule has 3 rings (SSSR count). The number of nitrogens with one attached hydrogen (secondary N) is 1. The highest BCUT2D eigenvalue weighted by Gasteiger charge is 2.20. The number of hydrogen-bond acceptors (Lipinski definition) is 3. The minimum Gasteiger partial charge on any atom is -0.342 e. The lowest BCUT2D eigenvalue weighted by molar-refractivity contribution is 0.168. The fourth-order valence-electron chi connectivity index (χ4n) is 2.68. The van der Waals surface area contributed by atoms with Crippen LogP contribution < -0.4 is 0 Å². The fourth-order valence-corrected chi connectivity index (χ4v) is 2.68. The Morgan fingerprint density at radius 1 is 1.44 bits per heavy atom. The van der Waals surface area contributed by atoms with Gasteiger partial charge in [0.15, 0.2) is 5.82 Å². The molecule has 0 bridgehead atoms. The first-order chi connectivity index (χ1) is 8.84. The summed E-state index contributed by atoms with van der Waals surface area (Å²) < 4.78 is 2.22. The van der Waals surface area contributed by atoms with Gasteiger partial charge in [-0.2, -0.15) is 0 Å². The number of aromatic nitrogens is 4. The van der Waals surface area contributed by atoms with Gasteiger partial charge >= 0.3 is 0 Å². The van der Waals surface area contributed by atoms with Gasteiger partial charge in [-0.1, -0.05) is 6.42 Å². The van der Waals surface area contributed by atoms with E-state index in [9.17, 15) is 0 Å². The fraction of sp³-hybridized carbons (Fsp3) is 0.538. The van der Waals surface area contributed by atoms with Crippen molar-refractivity contribution < 1.29 is 0 Å². The van der Waals surface area contributed by atoms with Crippen LogP contribution in [0.4, 0.5) is 0 Å². The van der Waals surface area contributed by atoms with E-state index in [1.54, 1.807) is 6.33 Å². The Labute approximate surface area is 107 Å². The molecule has 0 saturated carbocycles. The third-order valence-electron chi connectivity index (χ3n) is 3.78. The van der Waals surface area contributed by atoms with Crippen LogP contribution in [0.2, 0.25) is 0 Å². The first-order valence-corrected chi connectivity index (χ1v) is 6.55. The lowest BCUT2D eigenvalue weighted by atomic mass is 10.0. The minimum absolute atomic E-state index is 0.620. The van der Waals surface area contributed by atoms with E-state index in [1.165, 1.54) is 25.8 Å². The van der Waals surface area contributed by atoms with Crippen LogP contribution in [0.1, 0.15) is 19.3 Å². The summed E-state index contributed by atoms with van der Waals surface area (Å²) in [4.78, 5) is 14.1. The van der Waals surface area contributed by atoms with Crippen LogP contribution in [0, 0.1) is 0 Å². The number of piperidine rings is 1. The number of likely N-dealkylation sites (N-methyl/N-ethyl adjacent to an activating group) is 1. The Morgan fingerprint density at radius 3 is 3.17 bits per heavy atom. The third-order valence-corrected chi connectivity index (χ3v) is 3.78. The molecule has 18 heavy (non-hydrogen) atoms. The van der Waals surface area contributed by atoms with Crippen LogP contribution in [0.15, 0.2) is 24.9 Å². The van der Waals surface area contributed by atoms with Crippen LogP contribution in [0.25, 0.3) is 11.5 Å². The Kier molecular flexibility index (Phi) is 3.15. The molecule has 3 heterocycles. The van der Waals surface area contributed by atoms with Gasteiger partial charge in [0.25, 0.3) is 0 Å². The molecule has 0 unspecified atom stereocenters. The number of H-pyrrole nitrogens is 1. The molecule has 1 fully saturated rings. The Hall–Kier alpha value is -1.62. The molecular weight excluding hydrogens is 226 g/mol. The molecule has 1 N–H and O–H groups in total. The van der Waals surface area contributed by atoms with Gasteiger partial charge in [-0.25, -0.2) is 9.97 Å². The molecule has 0 aliphatic carbocycles. The molecule has 96 valence electrons. The van der Waals surface area contributed by atoms with Crippen molar-refractivity contribution in [3.05, 3.63) is 24.9 Å². The summed E-state index contributed by atoms with van der Waals surface area (Å²) in [6, 6.07) is 0.620. The number of nitrogens with zero attached hydrogens (tertiary/aromatic N) is 4. The SMILES string of the molecule is CN1CCCC[C@H]1Cn1ccnc1-c1cnc[nH]1. The molecule has 1 aliphatic heterocycles. The minimum atomic E-state index is 0.620. The van der Waals surface area contributed by atoms with E-state index < -0.39 is 0 Å². The van der Waals surface area contributed by atoms with Crippen molar-refractivity contribution in [1.82, 2.24) is 24.4 Å². The van der Waals surface area contributed by atoms with E-state index in [0.717, 1.165) is 18.1 Å². The Bertz CT molecular complexity index is 487. The second-order valence-electron chi connectivity index (χ2n) is 5.00. The van der Waals surface area contributed by atoms with Gasteiger partial charge in [0.05, 0.1) is 12.5 Å². The number of aromatic amines is 1. The van der Waals surface area contributed by atoms with Gasteiger partial charge in [0.2, 0.25) is 0 Å². The van der Waals surface area contributed by atoms with Gasteiger partial charge in [-0.05, 0) is 26.4 Å². The van der Waals surface area contributed by atoms with Crippen molar-refractivity contribution in [3.8, 4) is 11.5 Å². The zero-order valence-electron chi connectivity index (χ0n) is 10.7. The van der Waals surface area contributed by atoms with Crippen molar-refractivity contribution in [2.24, 2.45) is 0 Å². The van der Waals surface area contributed by atoms with Crippen molar-refractivity contribution in [3.63, 3.8) is 0 Å².